The Hall–Kier alpha value is -1.36. The van der Waals surface area contributed by atoms with E-state index in [-0.39, 0.29) is 6.54 Å². The monoisotopic (exact) mass is 237 g/mol. The van der Waals surface area contributed by atoms with Crippen molar-refractivity contribution in [1.82, 2.24) is 14.5 Å². The van der Waals surface area contributed by atoms with Gasteiger partial charge in [0, 0.05) is 25.5 Å². The van der Waals surface area contributed by atoms with Gasteiger partial charge in [0.15, 0.2) is 0 Å². The molecule has 0 aromatic carbocycles. The predicted octanol–water partition coefficient (Wildman–Crippen LogP) is 1.20. The highest BCUT2D eigenvalue weighted by molar-refractivity contribution is 5.69. The van der Waals surface area contributed by atoms with E-state index in [0.29, 0.717) is 12.5 Å². The summed E-state index contributed by atoms with van der Waals surface area (Å²) in [6, 6.07) is 0. The molecule has 0 atom stereocenters. The molecule has 1 aliphatic carbocycles. The maximum Gasteiger partial charge on any atom is 0.317 e. The van der Waals surface area contributed by atoms with E-state index in [4.69, 9.17) is 5.11 Å². The molecule has 17 heavy (non-hydrogen) atoms. The molecular formula is C12H19N3O2. The number of rotatable bonds is 7. The molecule has 1 N–H and O–H groups in total. The summed E-state index contributed by atoms with van der Waals surface area (Å²) in [6.07, 6.45) is 6.18. The van der Waals surface area contributed by atoms with Crippen LogP contribution in [0.25, 0.3) is 0 Å². The molecule has 1 aliphatic rings. The van der Waals surface area contributed by atoms with E-state index < -0.39 is 5.97 Å². The fraction of sp³-hybridized carbons (Fsp3) is 0.667. The van der Waals surface area contributed by atoms with Gasteiger partial charge in [0.05, 0.1) is 13.1 Å². The minimum absolute atomic E-state index is 0.104. The van der Waals surface area contributed by atoms with E-state index >= 15 is 0 Å². The summed E-state index contributed by atoms with van der Waals surface area (Å²) in [5.74, 6) is 0.883. The van der Waals surface area contributed by atoms with E-state index in [1.165, 1.54) is 12.8 Å². The molecule has 2 rings (SSSR count). The minimum Gasteiger partial charge on any atom is -0.480 e. The summed E-state index contributed by atoms with van der Waals surface area (Å²) >= 11 is 0. The number of hydrogen-bond donors (Lipinski definition) is 1. The number of carboxylic acids is 1. The highest BCUT2D eigenvalue weighted by atomic mass is 16.4. The number of carbonyl (C=O) groups is 1. The third-order valence-corrected chi connectivity index (χ3v) is 3.08. The Bertz CT molecular complexity index is 385. The predicted molar refractivity (Wildman–Crippen MR) is 63.5 cm³/mol. The van der Waals surface area contributed by atoms with Crippen LogP contribution in [0.15, 0.2) is 12.4 Å². The number of aromatic nitrogens is 2. The zero-order valence-corrected chi connectivity index (χ0v) is 10.2. The Kier molecular flexibility index (Phi) is 3.78. The Balaban J connectivity index is 1.97. The van der Waals surface area contributed by atoms with Crippen molar-refractivity contribution in [3.8, 4) is 0 Å². The second kappa shape index (κ2) is 5.31. The van der Waals surface area contributed by atoms with Crippen molar-refractivity contribution >= 4 is 5.97 Å². The van der Waals surface area contributed by atoms with Crippen LogP contribution in [0.1, 0.15) is 25.6 Å². The third-order valence-electron chi connectivity index (χ3n) is 3.08. The van der Waals surface area contributed by atoms with Gasteiger partial charge in [-0.05, 0) is 25.7 Å². The lowest BCUT2D eigenvalue weighted by molar-refractivity contribution is -0.138. The SMILES string of the molecule is CCn1ccnc1CN(CC(=O)O)CC1CC1. The van der Waals surface area contributed by atoms with Crippen molar-refractivity contribution in [3.63, 3.8) is 0 Å². The van der Waals surface area contributed by atoms with Gasteiger partial charge in [0.2, 0.25) is 0 Å². The molecule has 94 valence electrons. The van der Waals surface area contributed by atoms with Crippen molar-refractivity contribution in [2.75, 3.05) is 13.1 Å². The van der Waals surface area contributed by atoms with E-state index in [0.717, 1.165) is 18.9 Å². The van der Waals surface area contributed by atoms with E-state index in [9.17, 15) is 4.79 Å². The molecule has 0 aliphatic heterocycles. The molecule has 0 bridgehead atoms. The molecule has 1 heterocycles. The molecule has 0 spiro atoms. The number of hydrogen-bond acceptors (Lipinski definition) is 3. The lowest BCUT2D eigenvalue weighted by Crippen LogP contribution is -2.32. The normalized spacial score (nSPS) is 15.4. The highest BCUT2D eigenvalue weighted by Gasteiger charge is 2.25. The fourth-order valence-corrected chi connectivity index (χ4v) is 2.02. The largest absolute Gasteiger partial charge is 0.480 e. The summed E-state index contributed by atoms with van der Waals surface area (Å²) in [5.41, 5.74) is 0. The van der Waals surface area contributed by atoms with Crippen LogP contribution in [0.5, 0.6) is 0 Å². The van der Waals surface area contributed by atoms with Gasteiger partial charge in [-0.1, -0.05) is 0 Å². The molecular weight excluding hydrogens is 218 g/mol. The Labute approximate surface area is 101 Å². The van der Waals surface area contributed by atoms with Crippen LogP contribution >= 0.6 is 0 Å². The van der Waals surface area contributed by atoms with Crippen LogP contribution in [0.2, 0.25) is 0 Å². The summed E-state index contributed by atoms with van der Waals surface area (Å²) in [7, 11) is 0. The number of aryl methyl sites for hydroxylation is 1. The standard InChI is InChI=1S/C12H19N3O2/c1-2-15-6-5-13-11(15)8-14(9-12(16)17)7-10-3-4-10/h5-6,10H,2-4,7-9H2,1H3,(H,16,17). The van der Waals surface area contributed by atoms with Crippen LogP contribution in [-0.4, -0.2) is 38.6 Å². The van der Waals surface area contributed by atoms with Gasteiger partial charge in [-0.2, -0.15) is 0 Å². The minimum atomic E-state index is -0.764. The first kappa shape index (κ1) is 12.1. The molecule has 1 aromatic heterocycles. The second-order valence-electron chi connectivity index (χ2n) is 4.64. The van der Waals surface area contributed by atoms with Crippen LogP contribution in [-0.2, 0) is 17.9 Å². The zero-order chi connectivity index (χ0) is 12.3. The van der Waals surface area contributed by atoms with Crippen molar-refractivity contribution < 1.29 is 9.90 Å². The van der Waals surface area contributed by atoms with Gasteiger partial charge in [0.1, 0.15) is 5.82 Å². The van der Waals surface area contributed by atoms with E-state index in [2.05, 4.69) is 16.5 Å². The summed E-state index contributed by atoms with van der Waals surface area (Å²) < 4.78 is 2.06. The number of carboxylic acid groups (broad SMARTS) is 1. The number of nitrogens with zero attached hydrogens (tertiary/aromatic N) is 3. The van der Waals surface area contributed by atoms with Gasteiger partial charge < -0.3 is 9.67 Å². The Morgan fingerprint density at radius 1 is 1.65 bits per heavy atom. The summed E-state index contributed by atoms with van der Waals surface area (Å²) in [6.45, 7) is 4.55. The van der Waals surface area contributed by atoms with Gasteiger partial charge in [0.25, 0.3) is 0 Å². The van der Waals surface area contributed by atoms with Crippen LogP contribution in [0.3, 0.4) is 0 Å². The first-order chi connectivity index (χ1) is 8.19. The average Bonchev–Trinajstić information content (AvgIpc) is 2.95. The quantitative estimate of drug-likeness (QED) is 0.774. The second-order valence-corrected chi connectivity index (χ2v) is 4.64. The molecule has 0 unspecified atom stereocenters. The smallest absolute Gasteiger partial charge is 0.317 e. The summed E-state index contributed by atoms with van der Waals surface area (Å²) in [5, 5.41) is 8.90. The summed E-state index contributed by atoms with van der Waals surface area (Å²) in [4.78, 5) is 17.1. The van der Waals surface area contributed by atoms with Gasteiger partial charge >= 0.3 is 5.97 Å². The molecule has 1 aromatic rings. The number of imidazole rings is 1. The number of aliphatic carboxylic acids is 1. The fourth-order valence-electron chi connectivity index (χ4n) is 2.02. The Morgan fingerprint density at radius 3 is 3.00 bits per heavy atom. The van der Waals surface area contributed by atoms with Gasteiger partial charge in [-0.3, -0.25) is 9.69 Å². The van der Waals surface area contributed by atoms with Crippen molar-refractivity contribution in [2.24, 2.45) is 5.92 Å². The Morgan fingerprint density at radius 2 is 2.41 bits per heavy atom. The van der Waals surface area contributed by atoms with Crippen molar-refractivity contribution in [1.29, 1.82) is 0 Å². The molecule has 0 radical (unpaired) electrons. The third kappa shape index (κ3) is 3.56. The van der Waals surface area contributed by atoms with Gasteiger partial charge in [-0.15, -0.1) is 0 Å². The topological polar surface area (TPSA) is 58.4 Å². The van der Waals surface area contributed by atoms with Gasteiger partial charge in [-0.25, -0.2) is 4.98 Å². The maximum absolute atomic E-state index is 10.8. The van der Waals surface area contributed by atoms with Crippen LogP contribution < -0.4 is 0 Å². The lowest BCUT2D eigenvalue weighted by atomic mass is 10.3. The zero-order valence-electron chi connectivity index (χ0n) is 10.2. The lowest BCUT2D eigenvalue weighted by Gasteiger charge is -2.19. The van der Waals surface area contributed by atoms with E-state index in [1.54, 1.807) is 6.20 Å². The molecule has 1 fully saturated rings. The van der Waals surface area contributed by atoms with Crippen molar-refractivity contribution in [2.45, 2.75) is 32.9 Å². The average molecular weight is 237 g/mol. The maximum atomic E-state index is 10.8. The van der Waals surface area contributed by atoms with Crippen LogP contribution in [0, 0.1) is 5.92 Å². The molecule has 5 heteroatoms. The van der Waals surface area contributed by atoms with Crippen LogP contribution in [0.4, 0.5) is 0 Å². The molecule has 0 amide bonds. The first-order valence-electron chi connectivity index (χ1n) is 6.13. The van der Waals surface area contributed by atoms with Crippen molar-refractivity contribution in [3.05, 3.63) is 18.2 Å². The molecule has 5 nitrogen and oxygen atoms in total. The van der Waals surface area contributed by atoms with E-state index in [1.807, 2.05) is 11.1 Å². The highest BCUT2D eigenvalue weighted by Crippen LogP contribution is 2.30. The molecule has 0 saturated heterocycles. The molecule has 1 saturated carbocycles. The first-order valence-corrected chi connectivity index (χ1v) is 6.13.